The largest absolute Gasteiger partial charge is 0.497 e. The Morgan fingerprint density at radius 3 is 2.38 bits per heavy atom. The van der Waals surface area contributed by atoms with Crippen molar-refractivity contribution in [3.05, 3.63) is 47.8 Å². The van der Waals surface area contributed by atoms with Crippen LogP contribution in [-0.2, 0) is 11.3 Å². The fraction of sp³-hybridized carbons (Fsp3) is 0.333. The number of nitrogens with zero attached hydrogens (tertiary/aromatic N) is 4. The molecule has 1 aliphatic rings. The molecule has 0 unspecified atom stereocenters. The van der Waals surface area contributed by atoms with Crippen molar-refractivity contribution in [2.75, 3.05) is 38.2 Å². The molecule has 0 bridgehead atoms. The Labute approximate surface area is 151 Å². The summed E-state index contributed by atoms with van der Waals surface area (Å²) in [5, 5.41) is 2.85. The molecule has 2 amide bonds. The van der Waals surface area contributed by atoms with Crippen LogP contribution in [0.2, 0.25) is 0 Å². The molecule has 1 N–H and O–H groups in total. The van der Waals surface area contributed by atoms with Crippen molar-refractivity contribution in [1.29, 1.82) is 0 Å². The smallest absolute Gasteiger partial charge is 0.254 e. The van der Waals surface area contributed by atoms with Gasteiger partial charge in [0.2, 0.25) is 12.4 Å². The molecule has 26 heavy (non-hydrogen) atoms. The van der Waals surface area contributed by atoms with E-state index in [2.05, 4.69) is 15.3 Å². The van der Waals surface area contributed by atoms with Crippen LogP contribution in [0.4, 0.5) is 5.95 Å². The van der Waals surface area contributed by atoms with Crippen LogP contribution in [0.25, 0.3) is 0 Å². The number of ether oxygens (including phenoxy) is 1. The van der Waals surface area contributed by atoms with E-state index < -0.39 is 0 Å². The first-order chi connectivity index (χ1) is 12.7. The second-order valence-electron chi connectivity index (χ2n) is 5.93. The van der Waals surface area contributed by atoms with Gasteiger partial charge < -0.3 is 19.9 Å². The van der Waals surface area contributed by atoms with E-state index in [1.165, 1.54) is 12.4 Å². The van der Waals surface area contributed by atoms with Crippen molar-refractivity contribution >= 4 is 18.3 Å². The molecular formula is C18H21N5O3. The summed E-state index contributed by atoms with van der Waals surface area (Å²) in [6.45, 7) is 3.08. The fourth-order valence-electron chi connectivity index (χ4n) is 2.66. The minimum atomic E-state index is -0.224. The van der Waals surface area contributed by atoms with Gasteiger partial charge in [0.25, 0.3) is 5.91 Å². The minimum absolute atomic E-state index is 0.224. The van der Waals surface area contributed by atoms with E-state index in [1.54, 1.807) is 12.0 Å². The predicted molar refractivity (Wildman–Crippen MR) is 96.0 cm³/mol. The van der Waals surface area contributed by atoms with E-state index in [1.807, 2.05) is 29.2 Å². The van der Waals surface area contributed by atoms with Crippen LogP contribution in [0.5, 0.6) is 5.75 Å². The number of benzene rings is 1. The highest BCUT2D eigenvalue weighted by atomic mass is 16.5. The molecule has 2 heterocycles. The van der Waals surface area contributed by atoms with Gasteiger partial charge in [0.15, 0.2) is 0 Å². The summed E-state index contributed by atoms with van der Waals surface area (Å²) >= 11 is 0. The van der Waals surface area contributed by atoms with E-state index in [4.69, 9.17) is 4.74 Å². The van der Waals surface area contributed by atoms with Crippen LogP contribution in [0, 0.1) is 0 Å². The highest BCUT2D eigenvalue weighted by molar-refractivity contribution is 5.93. The lowest BCUT2D eigenvalue weighted by Crippen LogP contribution is -2.46. The average molecular weight is 355 g/mol. The molecule has 2 aromatic rings. The summed E-state index contributed by atoms with van der Waals surface area (Å²) in [6, 6.07) is 7.50. The SMILES string of the molecule is COc1ccc(CNC(=O)c2cnc(N3CCN(C=O)CC3)nc2)cc1. The number of piperazine rings is 1. The molecule has 1 fully saturated rings. The van der Waals surface area contributed by atoms with Gasteiger partial charge in [-0.3, -0.25) is 9.59 Å². The number of aromatic nitrogens is 2. The van der Waals surface area contributed by atoms with Crippen LogP contribution < -0.4 is 15.0 Å². The van der Waals surface area contributed by atoms with Crippen LogP contribution in [-0.4, -0.2) is 60.5 Å². The molecule has 1 aromatic heterocycles. The molecule has 0 spiro atoms. The van der Waals surface area contributed by atoms with E-state index in [0.717, 1.165) is 17.7 Å². The first kappa shape index (κ1) is 17.7. The van der Waals surface area contributed by atoms with E-state index in [0.29, 0.717) is 44.2 Å². The van der Waals surface area contributed by atoms with Crippen molar-refractivity contribution in [3.8, 4) is 5.75 Å². The van der Waals surface area contributed by atoms with Crippen LogP contribution in [0.1, 0.15) is 15.9 Å². The lowest BCUT2D eigenvalue weighted by atomic mass is 10.2. The zero-order valence-electron chi connectivity index (χ0n) is 14.6. The highest BCUT2D eigenvalue weighted by Crippen LogP contribution is 2.12. The topological polar surface area (TPSA) is 87.7 Å². The van der Waals surface area contributed by atoms with Crippen molar-refractivity contribution in [2.45, 2.75) is 6.54 Å². The molecule has 1 aromatic carbocycles. The second kappa shape index (κ2) is 8.28. The molecular weight excluding hydrogens is 334 g/mol. The summed E-state index contributed by atoms with van der Waals surface area (Å²) in [4.78, 5) is 35.3. The summed E-state index contributed by atoms with van der Waals surface area (Å²) in [7, 11) is 1.61. The van der Waals surface area contributed by atoms with Gasteiger partial charge in [0, 0.05) is 45.1 Å². The third kappa shape index (κ3) is 4.27. The maximum Gasteiger partial charge on any atom is 0.254 e. The number of anilines is 1. The Morgan fingerprint density at radius 1 is 1.15 bits per heavy atom. The minimum Gasteiger partial charge on any atom is -0.497 e. The van der Waals surface area contributed by atoms with Crippen LogP contribution >= 0.6 is 0 Å². The molecule has 1 saturated heterocycles. The monoisotopic (exact) mass is 355 g/mol. The summed E-state index contributed by atoms with van der Waals surface area (Å²) in [6.07, 6.45) is 3.91. The van der Waals surface area contributed by atoms with E-state index in [-0.39, 0.29) is 5.91 Å². The maximum atomic E-state index is 12.2. The number of rotatable bonds is 6. The van der Waals surface area contributed by atoms with Gasteiger partial charge in [-0.15, -0.1) is 0 Å². The number of methoxy groups -OCH3 is 1. The van der Waals surface area contributed by atoms with Gasteiger partial charge in [0.1, 0.15) is 5.75 Å². The van der Waals surface area contributed by atoms with E-state index >= 15 is 0 Å². The van der Waals surface area contributed by atoms with Crippen molar-refractivity contribution in [2.24, 2.45) is 0 Å². The first-order valence-electron chi connectivity index (χ1n) is 8.37. The lowest BCUT2D eigenvalue weighted by Gasteiger charge is -2.32. The van der Waals surface area contributed by atoms with Crippen LogP contribution in [0.15, 0.2) is 36.7 Å². The van der Waals surface area contributed by atoms with Gasteiger partial charge in [0.05, 0.1) is 12.7 Å². The zero-order chi connectivity index (χ0) is 18.4. The van der Waals surface area contributed by atoms with Crippen molar-refractivity contribution < 1.29 is 14.3 Å². The molecule has 0 atom stereocenters. The molecule has 0 radical (unpaired) electrons. The Bertz CT molecular complexity index is 740. The molecule has 0 saturated carbocycles. The molecule has 136 valence electrons. The fourth-order valence-corrected chi connectivity index (χ4v) is 2.66. The zero-order valence-corrected chi connectivity index (χ0v) is 14.6. The Morgan fingerprint density at radius 2 is 1.81 bits per heavy atom. The number of hydrogen-bond donors (Lipinski definition) is 1. The van der Waals surface area contributed by atoms with Gasteiger partial charge in [-0.2, -0.15) is 0 Å². The van der Waals surface area contributed by atoms with Crippen molar-refractivity contribution in [3.63, 3.8) is 0 Å². The predicted octanol–water partition coefficient (Wildman–Crippen LogP) is 0.694. The van der Waals surface area contributed by atoms with Gasteiger partial charge >= 0.3 is 0 Å². The molecule has 8 heteroatoms. The molecule has 0 aliphatic carbocycles. The summed E-state index contributed by atoms with van der Waals surface area (Å²) in [5.74, 6) is 1.12. The lowest BCUT2D eigenvalue weighted by molar-refractivity contribution is -0.118. The van der Waals surface area contributed by atoms with E-state index in [9.17, 15) is 9.59 Å². The Balaban J connectivity index is 1.54. The first-order valence-corrected chi connectivity index (χ1v) is 8.37. The molecule has 3 rings (SSSR count). The maximum absolute atomic E-state index is 12.2. The third-order valence-corrected chi connectivity index (χ3v) is 4.26. The second-order valence-corrected chi connectivity index (χ2v) is 5.93. The molecule has 1 aliphatic heterocycles. The number of carbonyl (C=O) groups is 2. The number of nitrogens with one attached hydrogen (secondary N) is 1. The standard InChI is InChI=1S/C18H21N5O3/c1-26-16-4-2-14(3-5-16)10-19-17(25)15-11-20-18(21-12-15)23-8-6-22(13-24)7-9-23/h2-5,11-13H,6-10H2,1H3,(H,19,25). The van der Waals surface area contributed by atoms with Crippen molar-refractivity contribution in [1.82, 2.24) is 20.2 Å². The third-order valence-electron chi connectivity index (χ3n) is 4.26. The van der Waals surface area contributed by atoms with Gasteiger partial charge in [-0.05, 0) is 17.7 Å². The number of hydrogen-bond acceptors (Lipinski definition) is 6. The Hall–Kier alpha value is -3.16. The normalized spacial score (nSPS) is 14.0. The number of amides is 2. The highest BCUT2D eigenvalue weighted by Gasteiger charge is 2.18. The average Bonchev–Trinajstić information content (AvgIpc) is 2.72. The quantitative estimate of drug-likeness (QED) is 0.768. The van der Waals surface area contributed by atoms with Gasteiger partial charge in [-0.25, -0.2) is 9.97 Å². The van der Waals surface area contributed by atoms with Gasteiger partial charge in [-0.1, -0.05) is 12.1 Å². The Kier molecular flexibility index (Phi) is 5.62. The number of carbonyl (C=O) groups excluding carboxylic acids is 2. The summed E-state index contributed by atoms with van der Waals surface area (Å²) < 4.78 is 5.11. The summed E-state index contributed by atoms with van der Waals surface area (Å²) in [5.41, 5.74) is 1.39. The van der Waals surface area contributed by atoms with Crippen LogP contribution in [0.3, 0.4) is 0 Å². The molecule has 8 nitrogen and oxygen atoms in total.